The number of ether oxygens (including phenoxy) is 1. The Bertz CT molecular complexity index is 407. The Kier molecular flexibility index (Phi) is 4.07. The molecule has 0 amide bonds. The van der Waals surface area contributed by atoms with Crippen LogP contribution in [0.25, 0.3) is 0 Å². The normalized spacial score (nSPS) is 16.6. The third kappa shape index (κ3) is 2.93. The second-order valence-electron chi connectivity index (χ2n) is 5.12. The molecule has 0 aromatic carbocycles. The maximum Gasteiger partial charge on any atom is 0.374 e. The van der Waals surface area contributed by atoms with E-state index in [0.717, 1.165) is 12.1 Å². The van der Waals surface area contributed by atoms with Gasteiger partial charge in [0, 0.05) is 18.7 Å². The van der Waals surface area contributed by atoms with E-state index in [4.69, 9.17) is 4.42 Å². The van der Waals surface area contributed by atoms with Crippen LogP contribution in [0.1, 0.15) is 48.7 Å². The lowest BCUT2D eigenvalue weighted by molar-refractivity contribution is 0.0563. The number of nitrogens with one attached hydrogen (secondary N) is 1. The molecule has 0 bridgehead atoms. The van der Waals surface area contributed by atoms with Crippen molar-refractivity contribution in [3.05, 3.63) is 23.7 Å². The molecule has 4 nitrogen and oxygen atoms in total. The number of carbonyl (C=O) groups is 1. The van der Waals surface area contributed by atoms with Gasteiger partial charge in [-0.3, -0.25) is 0 Å². The molecule has 1 aliphatic carbocycles. The van der Waals surface area contributed by atoms with E-state index >= 15 is 0 Å². The van der Waals surface area contributed by atoms with Crippen LogP contribution in [-0.4, -0.2) is 19.6 Å². The first-order valence-electron chi connectivity index (χ1n) is 6.56. The smallest absolute Gasteiger partial charge is 0.374 e. The molecular formula is C14H21NO3. The molecule has 0 saturated heterocycles. The topological polar surface area (TPSA) is 51.5 Å². The molecule has 2 rings (SSSR count). The first-order chi connectivity index (χ1) is 8.71. The van der Waals surface area contributed by atoms with Gasteiger partial charge in [0.25, 0.3) is 0 Å². The van der Waals surface area contributed by atoms with Gasteiger partial charge in [0.1, 0.15) is 0 Å². The highest BCUT2D eigenvalue weighted by Crippen LogP contribution is 2.48. The summed E-state index contributed by atoms with van der Waals surface area (Å²) >= 11 is 0. The molecule has 0 unspecified atom stereocenters. The van der Waals surface area contributed by atoms with E-state index in [1.54, 1.807) is 0 Å². The van der Waals surface area contributed by atoms with E-state index in [1.807, 2.05) is 6.07 Å². The molecule has 1 N–H and O–H groups in total. The lowest BCUT2D eigenvalue weighted by Crippen LogP contribution is -2.24. The van der Waals surface area contributed by atoms with Crippen molar-refractivity contribution < 1.29 is 13.9 Å². The molecule has 100 valence electrons. The zero-order valence-corrected chi connectivity index (χ0v) is 11.1. The van der Waals surface area contributed by atoms with Crippen molar-refractivity contribution in [1.29, 1.82) is 0 Å². The second-order valence-corrected chi connectivity index (χ2v) is 5.12. The van der Waals surface area contributed by atoms with Gasteiger partial charge < -0.3 is 14.5 Å². The van der Waals surface area contributed by atoms with Crippen molar-refractivity contribution in [2.75, 3.05) is 13.7 Å². The van der Waals surface area contributed by atoms with Crippen molar-refractivity contribution >= 4 is 5.97 Å². The highest BCUT2D eigenvalue weighted by Gasteiger charge is 2.40. The van der Waals surface area contributed by atoms with Gasteiger partial charge in [-0.05, 0) is 30.7 Å². The monoisotopic (exact) mass is 251 g/mol. The number of methoxy groups -OCH3 is 1. The van der Waals surface area contributed by atoms with Crippen LogP contribution in [0.15, 0.2) is 16.7 Å². The summed E-state index contributed by atoms with van der Waals surface area (Å²) in [6, 6.07) is 1.82. The number of carbonyl (C=O) groups excluding carboxylic acids is 1. The van der Waals surface area contributed by atoms with Crippen molar-refractivity contribution in [1.82, 2.24) is 5.32 Å². The summed E-state index contributed by atoms with van der Waals surface area (Å²) in [7, 11) is 1.36. The first-order valence-corrected chi connectivity index (χ1v) is 6.56. The maximum absolute atomic E-state index is 11.4. The van der Waals surface area contributed by atoms with Crippen LogP contribution < -0.4 is 5.32 Å². The Hall–Kier alpha value is -1.29. The fourth-order valence-electron chi connectivity index (χ4n) is 2.43. The van der Waals surface area contributed by atoms with Gasteiger partial charge in [-0.15, -0.1) is 0 Å². The highest BCUT2D eigenvalue weighted by atomic mass is 16.5. The molecule has 1 heterocycles. The Morgan fingerprint density at radius 2 is 2.33 bits per heavy atom. The van der Waals surface area contributed by atoms with Gasteiger partial charge >= 0.3 is 5.97 Å². The average molecular weight is 251 g/mol. The molecule has 0 aliphatic heterocycles. The molecule has 0 spiro atoms. The van der Waals surface area contributed by atoms with Crippen LogP contribution in [0.2, 0.25) is 0 Å². The number of esters is 1. The van der Waals surface area contributed by atoms with Gasteiger partial charge in [-0.25, -0.2) is 4.79 Å². The summed E-state index contributed by atoms with van der Waals surface area (Å²) in [5.41, 5.74) is 1.39. The predicted molar refractivity (Wildman–Crippen MR) is 68.3 cm³/mol. The molecule has 18 heavy (non-hydrogen) atoms. The highest BCUT2D eigenvalue weighted by molar-refractivity contribution is 5.87. The van der Waals surface area contributed by atoms with Crippen molar-refractivity contribution in [3.8, 4) is 0 Å². The van der Waals surface area contributed by atoms with E-state index in [0.29, 0.717) is 17.7 Å². The summed E-state index contributed by atoms with van der Waals surface area (Å²) < 4.78 is 9.82. The maximum atomic E-state index is 11.4. The summed E-state index contributed by atoms with van der Waals surface area (Å²) in [6.45, 7) is 3.91. The summed E-state index contributed by atoms with van der Waals surface area (Å²) in [4.78, 5) is 11.4. The van der Waals surface area contributed by atoms with E-state index < -0.39 is 5.97 Å². The molecule has 1 fully saturated rings. The molecule has 1 saturated carbocycles. The fraction of sp³-hybridized carbons (Fsp3) is 0.643. The van der Waals surface area contributed by atoms with Crippen LogP contribution in [0.4, 0.5) is 0 Å². The van der Waals surface area contributed by atoms with Gasteiger partial charge in [-0.2, -0.15) is 0 Å². The van der Waals surface area contributed by atoms with E-state index in [2.05, 4.69) is 17.0 Å². The lowest BCUT2D eigenvalue weighted by atomic mass is 10.0. The predicted octanol–water partition coefficient (Wildman–Crippen LogP) is 2.74. The minimum Gasteiger partial charge on any atom is -0.463 e. The third-order valence-electron chi connectivity index (χ3n) is 3.67. The quantitative estimate of drug-likeness (QED) is 0.757. The lowest BCUT2D eigenvalue weighted by Gasteiger charge is -2.14. The molecule has 4 heteroatoms. The minimum atomic E-state index is -0.411. The van der Waals surface area contributed by atoms with Crippen LogP contribution in [0.5, 0.6) is 0 Å². The Balaban J connectivity index is 1.84. The molecule has 0 atom stereocenters. The largest absolute Gasteiger partial charge is 0.463 e. The number of hydrogen-bond donors (Lipinski definition) is 1. The van der Waals surface area contributed by atoms with E-state index in [-0.39, 0.29) is 0 Å². The van der Waals surface area contributed by atoms with Crippen LogP contribution >= 0.6 is 0 Å². The van der Waals surface area contributed by atoms with Crippen LogP contribution in [0, 0.1) is 5.41 Å². The van der Waals surface area contributed by atoms with Crippen LogP contribution in [-0.2, 0) is 11.3 Å². The third-order valence-corrected chi connectivity index (χ3v) is 3.67. The fourth-order valence-corrected chi connectivity index (χ4v) is 2.43. The van der Waals surface area contributed by atoms with Gasteiger partial charge in [0.05, 0.1) is 13.4 Å². The number of rotatable bonds is 7. The molecule has 1 aromatic rings. The molecule has 0 radical (unpaired) electrons. The Labute approximate surface area is 108 Å². The molecule has 1 aliphatic rings. The Morgan fingerprint density at radius 3 is 2.94 bits per heavy atom. The van der Waals surface area contributed by atoms with E-state index in [1.165, 1.54) is 39.1 Å². The molecular weight excluding hydrogens is 230 g/mol. The summed E-state index contributed by atoms with van der Waals surface area (Å²) in [6.07, 6.45) is 6.70. The van der Waals surface area contributed by atoms with Gasteiger partial charge in [0.2, 0.25) is 5.76 Å². The average Bonchev–Trinajstić information content (AvgIpc) is 2.97. The Morgan fingerprint density at radius 1 is 1.56 bits per heavy atom. The molecule has 1 aromatic heterocycles. The number of furan rings is 1. The zero-order chi connectivity index (χ0) is 13.0. The minimum absolute atomic E-state index is 0.310. The van der Waals surface area contributed by atoms with Gasteiger partial charge in [-0.1, -0.05) is 13.3 Å². The van der Waals surface area contributed by atoms with Crippen molar-refractivity contribution in [2.45, 2.75) is 39.2 Å². The van der Waals surface area contributed by atoms with Crippen LogP contribution in [0.3, 0.4) is 0 Å². The first kappa shape index (κ1) is 13.1. The summed E-state index contributed by atoms with van der Waals surface area (Å²) in [5, 5.41) is 3.43. The number of hydrogen-bond acceptors (Lipinski definition) is 4. The zero-order valence-electron chi connectivity index (χ0n) is 11.1. The van der Waals surface area contributed by atoms with Gasteiger partial charge in [0.15, 0.2) is 0 Å². The van der Waals surface area contributed by atoms with Crippen molar-refractivity contribution in [3.63, 3.8) is 0 Å². The van der Waals surface area contributed by atoms with E-state index in [9.17, 15) is 4.79 Å². The SMILES string of the molecule is CCCC1(CNCc2ccoc2C(=O)OC)CC1. The van der Waals surface area contributed by atoms with Crippen molar-refractivity contribution in [2.24, 2.45) is 5.41 Å². The summed E-state index contributed by atoms with van der Waals surface area (Å²) in [5.74, 6) is -0.100. The standard InChI is InChI=1S/C14H21NO3/c1-3-5-14(6-7-14)10-15-9-11-4-8-18-12(11)13(16)17-2/h4,8,15H,3,5-7,9-10H2,1-2H3. The second kappa shape index (κ2) is 5.57.